The third-order valence-corrected chi connectivity index (χ3v) is 0.583. The van der Waals surface area contributed by atoms with Crippen molar-refractivity contribution in [3.8, 4) is 0 Å². The van der Waals surface area contributed by atoms with Crippen LogP contribution in [0.4, 0.5) is 0 Å². The lowest BCUT2D eigenvalue weighted by Gasteiger charge is -1.94. The molecule has 0 saturated carbocycles. The van der Waals surface area contributed by atoms with Gasteiger partial charge in [-0.3, -0.25) is 4.79 Å². The van der Waals surface area contributed by atoms with Gasteiger partial charge in [-0.1, -0.05) is 13.8 Å². The van der Waals surface area contributed by atoms with Crippen molar-refractivity contribution in [2.24, 2.45) is 5.92 Å². The average Bonchev–Trinajstić information content (AvgIpc) is 1.68. The molecule has 0 radical (unpaired) electrons. The lowest BCUT2D eigenvalue weighted by Crippen LogP contribution is -1.99. The second-order valence-corrected chi connectivity index (χ2v) is 1.99. The van der Waals surface area contributed by atoms with E-state index in [1.165, 1.54) is 0 Å². The molecule has 9 heavy (non-hydrogen) atoms. The van der Waals surface area contributed by atoms with Crippen LogP contribution in [0.15, 0.2) is 0 Å². The summed E-state index contributed by atoms with van der Waals surface area (Å²) in [5.74, 6) is -0.438. The Labute approximate surface area is 61.7 Å². The van der Waals surface area contributed by atoms with Gasteiger partial charge in [-0.25, -0.2) is 0 Å². The van der Waals surface area contributed by atoms with E-state index in [1.54, 1.807) is 6.26 Å². The average molecular weight is 150 g/mol. The Kier molecular flexibility index (Phi) is 10.1. The molecule has 3 heteroatoms. The Morgan fingerprint density at radius 3 is 1.89 bits per heavy atom. The zero-order valence-electron chi connectivity index (χ0n) is 6.09. The quantitative estimate of drug-likeness (QED) is 0.587. The van der Waals surface area contributed by atoms with E-state index >= 15 is 0 Å². The third-order valence-electron chi connectivity index (χ3n) is 0.583. The molecule has 0 spiro atoms. The number of carbonyl (C=O) groups is 1. The van der Waals surface area contributed by atoms with Crippen molar-refractivity contribution < 1.29 is 9.90 Å². The first-order valence-corrected chi connectivity index (χ1v) is 3.69. The molecule has 0 fully saturated rings. The maximum absolute atomic E-state index is 9.81. The minimum atomic E-state index is -0.713. The fraction of sp³-hybridized carbons (Fsp3) is 0.833. The lowest BCUT2D eigenvalue weighted by molar-refractivity contribution is -0.137. The van der Waals surface area contributed by atoms with Gasteiger partial charge in [0, 0.05) is 6.42 Å². The second-order valence-electron chi connectivity index (χ2n) is 1.99. The highest BCUT2D eigenvalue weighted by molar-refractivity contribution is 7.79. The molecule has 0 amide bonds. The first kappa shape index (κ1) is 11.6. The molecule has 0 aromatic heterocycles. The standard InChI is InChI=1S/C5H10O2.CH4S/c1-4(2)3-5(6)7;1-2/h4H,3H2,1-2H3,(H,6,7);2H,1H3. The first-order valence-electron chi connectivity index (χ1n) is 2.79. The van der Waals surface area contributed by atoms with E-state index in [9.17, 15) is 4.79 Å². The van der Waals surface area contributed by atoms with Crippen LogP contribution in [0.3, 0.4) is 0 Å². The van der Waals surface area contributed by atoms with Gasteiger partial charge in [0.15, 0.2) is 0 Å². The van der Waals surface area contributed by atoms with Crippen molar-refractivity contribution in [3.63, 3.8) is 0 Å². The van der Waals surface area contributed by atoms with Gasteiger partial charge in [0.25, 0.3) is 0 Å². The van der Waals surface area contributed by atoms with Crippen LogP contribution in [0, 0.1) is 5.92 Å². The fourth-order valence-electron chi connectivity index (χ4n) is 0.349. The van der Waals surface area contributed by atoms with E-state index in [4.69, 9.17) is 5.11 Å². The van der Waals surface area contributed by atoms with Crippen LogP contribution in [-0.2, 0) is 4.79 Å². The van der Waals surface area contributed by atoms with Crippen molar-refractivity contribution in [1.29, 1.82) is 0 Å². The van der Waals surface area contributed by atoms with Crippen molar-refractivity contribution in [1.82, 2.24) is 0 Å². The lowest BCUT2D eigenvalue weighted by atomic mass is 10.1. The summed E-state index contributed by atoms with van der Waals surface area (Å²) < 4.78 is 0. The zero-order valence-corrected chi connectivity index (χ0v) is 6.98. The molecule has 0 unspecified atom stereocenters. The molecule has 0 heterocycles. The Balaban J connectivity index is 0. The van der Waals surface area contributed by atoms with Gasteiger partial charge in [0.1, 0.15) is 0 Å². The second kappa shape index (κ2) is 7.82. The van der Waals surface area contributed by atoms with E-state index in [2.05, 4.69) is 12.6 Å². The Hall–Kier alpha value is -0.180. The van der Waals surface area contributed by atoms with Gasteiger partial charge >= 0.3 is 5.97 Å². The van der Waals surface area contributed by atoms with E-state index in [0.717, 1.165) is 0 Å². The van der Waals surface area contributed by atoms with Gasteiger partial charge in [-0.05, 0) is 12.2 Å². The largest absolute Gasteiger partial charge is 0.481 e. The molecular formula is C6H14O2S. The fourth-order valence-corrected chi connectivity index (χ4v) is 0.349. The molecule has 0 atom stereocenters. The molecule has 0 aromatic rings. The number of thiol groups is 1. The summed E-state index contributed by atoms with van der Waals surface area (Å²) in [5.41, 5.74) is 0. The predicted octanol–water partition coefficient (Wildman–Crippen LogP) is 1.66. The van der Waals surface area contributed by atoms with Gasteiger partial charge in [0.2, 0.25) is 0 Å². The molecule has 0 aromatic carbocycles. The number of carboxylic acid groups (broad SMARTS) is 1. The number of hydrogen-bond donors (Lipinski definition) is 2. The number of rotatable bonds is 2. The summed E-state index contributed by atoms with van der Waals surface area (Å²) in [5, 5.41) is 8.08. The van der Waals surface area contributed by atoms with Crippen molar-refractivity contribution >= 4 is 18.6 Å². The van der Waals surface area contributed by atoms with E-state index in [1.807, 2.05) is 13.8 Å². The number of carboxylic acids is 1. The maximum Gasteiger partial charge on any atom is 0.303 e. The van der Waals surface area contributed by atoms with Crippen molar-refractivity contribution in [2.75, 3.05) is 6.26 Å². The summed E-state index contributed by atoms with van der Waals surface area (Å²) >= 11 is 3.53. The molecular weight excluding hydrogens is 136 g/mol. The van der Waals surface area contributed by atoms with Gasteiger partial charge in [-0.2, -0.15) is 12.6 Å². The summed E-state index contributed by atoms with van der Waals surface area (Å²) in [7, 11) is 0. The Morgan fingerprint density at radius 2 is 1.89 bits per heavy atom. The molecule has 0 aliphatic rings. The van der Waals surface area contributed by atoms with Crippen molar-refractivity contribution in [3.05, 3.63) is 0 Å². The highest BCUT2D eigenvalue weighted by Gasteiger charge is 1.98. The Morgan fingerprint density at radius 1 is 1.56 bits per heavy atom. The van der Waals surface area contributed by atoms with Crippen LogP contribution in [-0.4, -0.2) is 17.3 Å². The predicted molar refractivity (Wildman–Crippen MR) is 42.0 cm³/mol. The highest BCUT2D eigenvalue weighted by atomic mass is 32.1. The molecule has 56 valence electrons. The molecule has 0 aliphatic heterocycles. The van der Waals surface area contributed by atoms with Gasteiger partial charge in [0.05, 0.1) is 0 Å². The minimum Gasteiger partial charge on any atom is -0.481 e. The Bertz CT molecular complexity index is 71.5. The van der Waals surface area contributed by atoms with Crippen molar-refractivity contribution in [2.45, 2.75) is 20.3 Å². The summed E-state index contributed by atoms with van der Waals surface area (Å²) in [6.45, 7) is 3.77. The molecule has 2 nitrogen and oxygen atoms in total. The maximum atomic E-state index is 9.81. The SMILES string of the molecule is CC(C)CC(=O)O.CS. The van der Waals surface area contributed by atoms with E-state index < -0.39 is 5.97 Å². The molecule has 1 N–H and O–H groups in total. The monoisotopic (exact) mass is 150 g/mol. The molecule has 0 saturated heterocycles. The van der Waals surface area contributed by atoms with Crippen LogP contribution in [0.25, 0.3) is 0 Å². The summed E-state index contributed by atoms with van der Waals surface area (Å²) in [4.78, 5) is 9.81. The van der Waals surface area contributed by atoms with E-state index in [-0.39, 0.29) is 12.3 Å². The summed E-state index contributed by atoms with van der Waals surface area (Å²) in [6, 6.07) is 0. The third kappa shape index (κ3) is 18.2. The van der Waals surface area contributed by atoms with Crippen LogP contribution < -0.4 is 0 Å². The van der Waals surface area contributed by atoms with Crippen LogP contribution in [0.1, 0.15) is 20.3 Å². The number of hydrogen-bond acceptors (Lipinski definition) is 2. The van der Waals surface area contributed by atoms with Gasteiger partial charge < -0.3 is 5.11 Å². The highest BCUT2D eigenvalue weighted by Crippen LogP contribution is 1.96. The first-order chi connectivity index (χ1) is 4.13. The molecule has 0 bridgehead atoms. The van der Waals surface area contributed by atoms with E-state index in [0.29, 0.717) is 0 Å². The molecule has 0 aliphatic carbocycles. The minimum absolute atomic E-state index is 0.275. The van der Waals surface area contributed by atoms with Crippen LogP contribution in [0.5, 0.6) is 0 Å². The smallest absolute Gasteiger partial charge is 0.303 e. The topological polar surface area (TPSA) is 37.3 Å². The van der Waals surface area contributed by atoms with Crippen LogP contribution >= 0.6 is 12.6 Å². The summed E-state index contributed by atoms with van der Waals surface area (Å²) in [6.07, 6.45) is 1.97. The van der Waals surface area contributed by atoms with Crippen LogP contribution in [0.2, 0.25) is 0 Å². The van der Waals surface area contributed by atoms with Gasteiger partial charge in [-0.15, -0.1) is 0 Å². The zero-order chi connectivity index (χ0) is 7.86. The number of aliphatic carboxylic acids is 1. The normalized spacial score (nSPS) is 8.11. The molecule has 0 rings (SSSR count).